The van der Waals surface area contributed by atoms with Crippen molar-refractivity contribution in [2.24, 2.45) is 0 Å². The highest BCUT2D eigenvalue weighted by atomic mass is 16.3. The Hall–Kier alpha value is -2.03. The van der Waals surface area contributed by atoms with Gasteiger partial charge in [-0.25, -0.2) is 0 Å². The van der Waals surface area contributed by atoms with Crippen molar-refractivity contribution in [3.63, 3.8) is 0 Å². The van der Waals surface area contributed by atoms with E-state index < -0.39 is 0 Å². The van der Waals surface area contributed by atoms with Gasteiger partial charge in [-0.05, 0) is 35.2 Å². The molecule has 1 heterocycles. The molecule has 0 spiro atoms. The Morgan fingerprint density at radius 3 is 2.40 bits per heavy atom. The minimum atomic E-state index is -0.0444. The maximum atomic E-state index is 12.0. The summed E-state index contributed by atoms with van der Waals surface area (Å²) < 4.78 is 5.22. The molecule has 106 valence electrons. The first-order valence-electron chi connectivity index (χ1n) is 6.88. The third-order valence-corrected chi connectivity index (χ3v) is 3.25. The maximum absolute atomic E-state index is 12.0. The Morgan fingerprint density at radius 2 is 1.85 bits per heavy atom. The monoisotopic (exact) mass is 271 g/mol. The lowest BCUT2D eigenvalue weighted by atomic mass is 9.87. The average Bonchev–Trinajstić information content (AvgIpc) is 2.91. The molecule has 2 aromatic rings. The van der Waals surface area contributed by atoms with Gasteiger partial charge in [0.25, 0.3) is 5.91 Å². The van der Waals surface area contributed by atoms with Crippen LogP contribution in [0.25, 0.3) is 0 Å². The van der Waals surface area contributed by atoms with Crippen molar-refractivity contribution in [3.8, 4) is 0 Å². The Labute approximate surface area is 120 Å². The lowest BCUT2D eigenvalue weighted by Crippen LogP contribution is -2.25. The summed E-state index contributed by atoms with van der Waals surface area (Å²) in [5.74, 6) is 0.838. The van der Waals surface area contributed by atoms with Crippen LogP contribution in [0.2, 0.25) is 0 Å². The summed E-state index contributed by atoms with van der Waals surface area (Å²) in [5, 5.41) is 2.90. The van der Waals surface area contributed by atoms with Crippen LogP contribution in [0.1, 0.15) is 42.5 Å². The summed E-state index contributed by atoms with van der Waals surface area (Å²) in [4.78, 5) is 12.0. The summed E-state index contributed by atoms with van der Waals surface area (Å²) in [6.45, 7) is 7.05. The number of hydrogen-bond acceptors (Lipinski definition) is 2. The average molecular weight is 271 g/mol. The van der Waals surface area contributed by atoms with Crippen LogP contribution >= 0.6 is 0 Å². The second-order valence-corrected chi connectivity index (χ2v) is 5.91. The van der Waals surface area contributed by atoms with Crippen LogP contribution < -0.4 is 5.32 Å². The molecule has 0 saturated heterocycles. The van der Waals surface area contributed by atoms with Gasteiger partial charge in [0, 0.05) is 18.5 Å². The molecule has 0 bridgehead atoms. The zero-order valence-electron chi connectivity index (χ0n) is 12.3. The van der Waals surface area contributed by atoms with Crippen LogP contribution in [0.15, 0.2) is 47.1 Å². The highest BCUT2D eigenvalue weighted by Crippen LogP contribution is 2.22. The van der Waals surface area contributed by atoms with E-state index in [1.807, 2.05) is 36.4 Å². The van der Waals surface area contributed by atoms with E-state index in [-0.39, 0.29) is 11.3 Å². The van der Waals surface area contributed by atoms with Gasteiger partial charge in [0.2, 0.25) is 0 Å². The van der Waals surface area contributed by atoms with E-state index >= 15 is 0 Å². The fourth-order valence-electron chi connectivity index (χ4n) is 1.98. The quantitative estimate of drug-likeness (QED) is 0.924. The molecule has 0 atom stereocenters. The predicted octanol–water partition coefficient (Wildman–Crippen LogP) is 3.55. The lowest BCUT2D eigenvalue weighted by molar-refractivity contribution is 0.0953. The van der Waals surface area contributed by atoms with E-state index in [2.05, 4.69) is 26.1 Å². The van der Waals surface area contributed by atoms with Crippen LogP contribution in [0, 0.1) is 0 Å². The molecule has 1 aromatic heterocycles. The second-order valence-electron chi connectivity index (χ2n) is 5.91. The van der Waals surface area contributed by atoms with Gasteiger partial charge in [0.05, 0.1) is 6.26 Å². The molecule has 0 aliphatic heterocycles. The number of furan rings is 1. The first-order chi connectivity index (χ1) is 9.47. The summed E-state index contributed by atoms with van der Waals surface area (Å²) in [6.07, 6.45) is 2.35. The number of carbonyl (C=O) groups excluding carboxylic acids is 1. The number of benzene rings is 1. The van der Waals surface area contributed by atoms with Crippen molar-refractivity contribution < 1.29 is 9.21 Å². The Bertz CT molecular complexity index is 548. The molecule has 2 rings (SSSR count). The molecular weight excluding hydrogens is 250 g/mol. The number of nitrogens with one attached hydrogen (secondary N) is 1. The molecule has 0 aliphatic rings. The third kappa shape index (κ3) is 3.73. The number of amides is 1. The largest absolute Gasteiger partial charge is 0.469 e. The maximum Gasteiger partial charge on any atom is 0.251 e. The van der Waals surface area contributed by atoms with Gasteiger partial charge in [-0.1, -0.05) is 32.9 Å². The zero-order chi connectivity index (χ0) is 14.6. The van der Waals surface area contributed by atoms with Crippen molar-refractivity contribution in [1.82, 2.24) is 5.32 Å². The first-order valence-corrected chi connectivity index (χ1v) is 6.88. The van der Waals surface area contributed by atoms with Crippen LogP contribution in [0.3, 0.4) is 0 Å². The van der Waals surface area contributed by atoms with Gasteiger partial charge < -0.3 is 9.73 Å². The minimum Gasteiger partial charge on any atom is -0.469 e. The summed E-state index contributed by atoms with van der Waals surface area (Å²) in [7, 11) is 0. The van der Waals surface area contributed by atoms with E-state index in [0.29, 0.717) is 18.5 Å². The van der Waals surface area contributed by atoms with Gasteiger partial charge in [-0.15, -0.1) is 0 Å². The van der Waals surface area contributed by atoms with Crippen molar-refractivity contribution >= 4 is 5.91 Å². The first kappa shape index (κ1) is 14.4. The molecule has 0 unspecified atom stereocenters. The molecular formula is C17H21NO2. The van der Waals surface area contributed by atoms with Crippen LogP contribution in [0.4, 0.5) is 0 Å². The SMILES string of the molecule is CC(C)(C)c1ccc(C(=O)NCCc2ccco2)cc1. The van der Waals surface area contributed by atoms with Gasteiger partial charge in [0.1, 0.15) is 5.76 Å². The van der Waals surface area contributed by atoms with E-state index in [4.69, 9.17) is 4.42 Å². The zero-order valence-corrected chi connectivity index (χ0v) is 12.3. The molecule has 1 amide bonds. The van der Waals surface area contributed by atoms with Crippen LogP contribution in [-0.2, 0) is 11.8 Å². The Balaban J connectivity index is 1.89. The normalized spacial score (nSPS) is 11.3. The third-order valence-electron chi connectivity index (χ3n) is 3.25. The van der Waals surface area contributed by atoms with Crippen molar-refractivity contribution in [2.45, 2.75) is 32.6 Å². The molecule has 1 aromatic carbocycles. The van der Waals surface area contributed by atoms with Crippen LogP contribution in [0.5, 0.6) is 0 Å². The van der Waals surface area contributed by atoms with Gasteiger partial charge in [0.15, 0.2) is 0 Å². The summed E-state index contributed by atoms with van der Waals surface area (Å²) in [5.41, 5.74) is 2.02. The number of carbonyl (C=O) groups is 1. The van der Waals surface area contributed by atoms with Gasteiger partial charge in [-0.3, -0.25) is 4.79 Å². The topological polar surface area (TPSA) is 42.2 Å². The molecule has 0 fully saturated rings. The molecule has 3 nitrogen and oxygen atoms in total. The highest BCUT2D eigenvalue weighted by Gasteiger charge is 2.14. The fraction of sp³-hybridized carbons (Fsp3) is 0.353. The van der Waals surface area contributed by atoms with E-state index in [1.54, 1.807) is 6.26 Å². The molecule has 0 saturated carbocycles. The van der Waals surface area contributed by atoms with Crippen molar-refractivity contribution in [3.05, 3.63) is 59.5 Å². The van der Waals surface area contributed by atoms with Crippen LogP contribution in [-0.4, -0.2) is 12.5 Å². The fourth-order valence-corrected chi connectivity index (χ4v) is 1.98. The standard InChI is InChI=1S/C17H21NO2/c1-17(2,3)14-8-6-13(7-9-14)16(19)18-11-10-15-5-4-12-20-15/h4-9,12H,10-11H2,1-3H3,(H,18,19). The summed E-state index contributed by atoms with van der Waals surface area (Å²) in [6, 6.07) is 11.5. The predicted molar refractivity (Wildman–Crippen MR) is 79.9 cm³/mol. The molecule has 20 heavy (non-hydrogen) atoms. The van der Waals surface area contributed by atoms with E-state index in [9.17, 15) is 4.79 Å². The number of hydrogen-bond donors (Lipinski definition) is 1. The van der Waals surface area contributed by atoms with Crippen molar-refractivity contribution in [2.75, 3.05) is 6.54 Å². The highest BCUT2D eigenvalue weighted by molar-refractivity contribution is 5.94. The van der Waals surface area contributed by atoms with Gasteiger partial charge >= 0.3 is 0 Å². The molecule has 3 heteroatoms. The Kier molecular flexibility index (Phi) is 4.28. The smallest absolute Gasteiger partial charge is 0.251 e. The van der Waals surface area contributed by atoms with E-state index in [1.165, 1.54) is 5.56 Å². The minimum absolute atomic E-state index is 0.0444. The second kappa shape index (κ2) is 5.95. The van der Waals surface area contributed by atoms with Gasteiger partial charge in [-0.2, -0.15) is 0 Å². The number of rotatable bonds is 4. The summed E-state index contributed by atoms with van der Waals surface area (Å²) >= 11 is 0. The van der Waals surface area contributed by atoms with E-state index in [0.717, 1.165) is 5.76 Å². The molecule has 0 radical (unpaired) electrons. The van der Waals surface area contributed by atoms with Crippen molar-refractivity contribution in [1.29, 1.82) is 0 Å². The Morgan fingerprint density at radius 1 is 1.15 bits per heavy atom. The molecule has 1 N–H and O–H groups in total. The molecule has 0 aliphatic carbocycles. The lowest BCUT2D eigenvalue weighted by Gasteiger charge is -2.19.